The topological polar surface area (TPSA) is 75.4 Å². The van der Waals surface area contributed by atoms with Crippen LogP contribution in [0, 0.1) is 6.92 Å². The molecule has 0 spiro atoms. The van der Waals surface area contributed by atoms with E-state index in [1.54, 1.807) is 6.07 Å². The lowest BCUT2D eigenvalue weighted by molar-refractivity contribution is 0.0482. The molecular weight excluding hydrogens is 486 g/mol. The highest BCUT2D eigenvalue weighted by Crippen LogP contribution is 2.36. The summed E-state index contributed by atoms with van der Waals surface area (Å²) in [5, 5.41) is 0.675. The van der Waals surface area contributed by atoms with Crippen LogP contribution in [0.2, 0.25) is 5.02 Å². The van der Waals surface area contributed by atoms with Crippen molar-refractivity contribution < 1.29 is 9.21 Å². The smallest absolute Gasteiger partial charge is 0.290 e. The van der Waals surface area contributed by atoms with Crippen molar-refractivity contribution in [3.63, 3.8) is 0 Å². The third kappa shape index (κ3) is 4.92. The van der Waals surface area contributed by atoms with E-state index >= 15 is 0 Å². The zero-order valence-electron chi connectivity index (χ0n) is 22.2. The number of amides is 1. The molecule has 3 aromatic heterocycles. The highest BCUT2D eigenvalue weighted by Gasteiger charge is 2.39. The van der Waals surface area contributed by atoms with Crippen molar-refractivity contribution in [2.45, 2.75) is 52.5 Å². The zero-order chi connectivity index (χ0) is 26.5. The fourth-order valence-electron chi connectivity index (χ4n) is 4.84. The van der Waals surface area contributed by atoms with Gasteiger partial charge in [-0.2, -0.15) is 0 Å². The Morgan fingerprint density at radius 3 is 2.35 bits per heavy atom. The molecule has 1 fully saturated rings. The molecular formula is C29H32ClN5O2. The van der Waals surface area contributed by atoms with Gasteiger partial charge in [0.15, 0.2) is 11.3 Å². The molecule has 37 heavy (non-hydrogen) atoms. The molecule has 1 amide bonds. The maximum atomic E-state index is 13.8. The number of carbonyl (C=O) groups is 1. The van der Waals surface area contributed by atoms with E-state index in [2.05, 4.69) is 49.5 Å². The molecule has 1 aliphatic heterocycles. The SMILES string of the molecule is Cc1cnc(N2CCN(C(=O)c3cc4nc(-c5ccc(Cl)cc5)cc(C(C)(C)C)c4o3)C(C)(C)C2)nc1. The fraction of sp³-hybridized carbons (Fsp3) is 0.379. The lowest BCUT2D eigenvalue weighted by Gasteiger charge is -2.46. The normalized spacial score (nSPS) is 15.9. The van der Waals surface area contributed by atoms with Crippen molar-refractivity contribution in [3.8, 4) is 11.3 Å². The summed E-state index contributed by atoms with van der Waals surface area (Å²) in [4.78, 5) is 31.6. The summed E-state index contributed by atoms with van der Waals surface area (Å²) in [5.74, 6) is 0.845. The van der Waals surface area contributed by atoms with Gasteiger partial charge in [0.1, 0.15) is 5.52 Å². The van der Waals surface area contributed by atoms with Crippen LogP contribution in [0.5, 0.6) is 0 Å². The highest BCUT2D eigenvalue weighted by atomic mass is 35.5. The minimum Gasteiger partial charge on any atom is -0.449 e. The van der Waals surface area contributed by atoms with Crippen molar-refractivity contribution >= 4 is 34.6 Å². The van der Waals surface area contributed by atoms with Crippen LogP contribution in [0.3, 0.4) is 0 Å². The predicted octanol–water partition coefficient (Wildman–Crippen LogP) is 6.29. The molecule has 1 aromatic carbocycles. The highest BCUT2D eigenvalue weighted by molar-refractivity contribution is 6.30. The molecule has 5 rings (SSSR count). The number of fused-ring (bicyclic) bond motifs is 1. The zero-order valence-corrected chi connectivity index (χ0v) is 22.9. The molecule has 4 heterocycles. The minimum absolute atomic E-state index is 0.139. The summed E-state index contributed by atoms with van der Waals surface area (Å²) in [6.07, 6.45) is 3.64. The van der Waals surface area contributed by atoms with Crippen LogP contribution in [0.15, 0.2) is 53.2 Å². The number of aromatic nitrogens is 3. The molecule has 0 aliphatic carbocycles. The average Bonchev–Trinajstić information content (AvgIpc) is 3.27. The van der Waals surface area contributed by atoms with Gasteiger partial charge < -0.3 is 14.2 Å². The van der Waals surface area contributed by atoms with E-state index < -0.39 is 5.54 Å². The van der Waals surface area contributed by atoms with E-state index in [-0.39, 0.29) is 11.3 Å². The van der Waals surface area contributed by atoms with Crippen molar-refractivity contribution in [2.75, 3.05) is 24.5 Å². The molecule has 0 bridgehead atoms. The van der Waals surface area contributed by atoms with Gasteiger partial charge in [-0.1, -0.05) is 44.5 Å². The van der Waals surface area contributed by atoms with Crippen LogP contribution in [-0.4, -0.2) is 50.9 Å². The Bertz CT molecular complexity index is 1450. The van der Waals surface area contributed by atoms with Crippen LogP contribution in [0.1, 0.15) is 56.3 Å². The van der Waals surface area contributed by atoms with Crippen molar-refractivity contribution in [1.29, 1.82) is 0 Å². The Balaban J connectivity index is 1.48. The maximum Gasteiger partial charge on any atom is 0.290 e. The van der Waals surface area contributed by atoms with Crippen LogP contribution in [-0.2, 0) is 5.41 Å². The van der Waals surface area contributed by atoms with Crippen LogP contribution in [0.25, 0.3) is 22.4 Å². The number of hydrogen-bond acceptors (Lipinski definition) is 6. The molecule has 8 heteroatoms. The van der Waals surface area contributed by atoms with E-state index in [1.165, 1.54) is 0 Å². The first-order chi connectivity index (χ1) is 17.4. The Kier molecular flexibility index (Phi) is 6.23. The Hall–Kier alpha value is -3.45. The molecule has 0 N–H and O–H groups in total. The van der Waals surface area contributed by atoms with Gasteiger partial charge in [-0.15, -0.1) is 0 Å². The van der Waals surface area contributed by atoms with E-state index in [4.69, 9.17) is 21.0 Å². The summed E-state index contributed by atoms with van der Waals surface area (Å²) >= 11 is 6.10. The molecule has 0 atom stereocenters. The van der Waals surface area contributed by atoms with Gasteiger partial charge >= 0.3 is 0 Å². The van der Waals surface area contributed by atoms with E-state index in [1.807, 2.05) is 54.5 Å². The third-order valence-electron chi connectivity index (χ3n) is 6.84. The molecule has 0 radical (unpaired) electrons. The van der Waals surface area contributed by atoms with Gasteiger partial charge in [-0.3, -0.25) is 4.79 Å². The average molecular weight is 518 g/mol. The third-order valence-corrected chi connectivity index (χ3v) is 7.09. The second-order valence-corrected chi connectivity index (χ2v) is 11.8. The van der Waals surface area contributed by atoms with E-state index in [9.17, 15) is 4.79 Å². The first-order valence-electron chi connectivity index (χ1n) is 12.5. The Morgan fingerprint density at radius 2 is 1.73 bits per heavy atom. The molecule has 1 aliphatic rings. The monoisotopic (exact) mass is 517 g/mol. The maximum absolute atomic E-state index is 13.8. The van der Waals surface area contributed by atoms with Crippen molar-refractivity contribution in [2.24, 2.45) is 0 Å². The number of furan rings is 1. The minimum atomic E-state index is -0.447. The van der Waals surface area contributed by atoms with Gasteiger partial charge in [-0.05, 0) is 49.9 Å². The number of piperazine rings is 1. The van der Waals surface area contributed by atoms with Crippen LogP contribution in [0.4, 0.5) is 5.95 Å². The van der Waals surface area contributed by atoms with Crippen LogP contribution >= 0.6 is 11.6 Å². The first kappa shape index (κ1) is 25.2. The quantitative estimate of drug-likeness (QED) is 0.318. The second-order valence-electron chi connectivity index (χ2n) is 11.4. The van der Waals surface area contributed by atoms with E-state index in [0.717, 1.165) is 22.4 Å². The number of benzene rings is 1. The van der Waals surface area contributed by atoms with Gasteiger partial charge in [0.25, 0.3) is 5.91 Å². The number of anilines is 1. The van der Waals surface area contributed by atoms with Crippen molar-refractivity contribution in [1.82, 2.24) is 19.9 Å². The number of pyridine rings is 1. The number of halogens is 1. The van der Waals surface area contributed by atoms with Crippen molar-refractivity contribution in [3.05, 3.63) is 70.7 Å². The summed E-state index contributed by atoms with van der Waals surface area (Å²) in [6.45, 7) is 14.3. The van der Waals surface area contributed by atoms with Crippen LogP contribution < -0.4 is 4.90 Å². The Labute approximate surface area is 222 Å². The van der Waals surface area contributed by atoms with Gasteiger partial charge in [-0.25, -0.2) is 15.0 Å². The summed E-state index contributed by atoms with van der Waals surface area (Å²) in [7, 11) is 0. The largest absolute Gasteiger partial charge is 0.449 e. The lowest BCUT2D eigenvalue weighted by Crippen LogP contribution is -2.61. The fourth-order valence-corrected chi connectivity index (χ4v) is 4.96. The molecule has 1 saturated heterocycles. The predicted molar refractivity (Wildman–Crippen MR) is 147 cm³/mol. The van der Waals surface area contributed by atoms with E-state index in [0.29, 0.717) is 47.5 Å². The summed E-state index contributed by atoms with van der Waals surface area (Å²) < 4.78 is 6.26. The van der Waals surface area contributed by atoms with Gasteiger partial charge in [0.2, 0.25) is 5.95 Å². The van der Waals surface area contributed by atoms with Gasteiger partial charge in [0, 0.05) is 54.2 Å². The summed E-state index contributed by atoms with van der Waals surface area (Å²) in [5.41, 5.74) is 4.47. The lowest BCUT2D eigenvalue weighted by atomic mass is 9.86. The number of rotatable bonds is 3. The molecule has 192 valence electrons. The number of aryl methyl sites for hydroxylation is 1. The second kappa shape index (κ2) is 9.14. The number of carbonyl (C=O) groups excluding carboxylic acids is 1. The standard InChI is InChI=1S/C29H32ClN5O2/c1-18-15-31-27(32-16-18)34-11-12-35(29(5,6)17-34)26(36)24-14-23-25(37-24)21(28(2,3)4)13-22(33-23)19-7-9-20(30)10-8-19/h7-10,13-16H,11-12,17H2,1-6H3. The summed E-state index contributed by atoms with van der Waals surface area (Å²) in [6, 6.07) is 11.4. The van der Waals surface area contributed by atoms with Gasteiger partial charge in [0.05, 0.1) is 11.2 Å². The molecule has 4 aromatic rings. The molecule has 0 unspecified atom stereocenters. The number of hydrogen-bond donors (Lipinski definition) is 0. The number of nitrogens with zero attached hydrogens (tertiary/aromatic N) is 5. The molecule has 7 nitrogen and oxygen atoms in total. The Morgan fingerprint density at radius 1 is 1.05 bits per heavy atom. The molecule has 0 saturated carbocycles. The first-order valence-corrected chi connectivity index (χ1v) is 12.9.